The lowest BCUT2D eigenvalue weighted by molar-refractivity contribution is -0.122. The quantitative estimate of drug-likeness (QED) is 0.729. The van der Waals surface area contributed by atoms with Crippen molar-refractivity contribution >= 4 is 33.4 Å². The van der Waals surface area contributed by atoms with E-state index >= 15 is 0 Å². The average molecular weight is 388 g/mol. The fourth-order valence-electron chi connectivity index (χ4n) is 2.89. The Hall–Kier alpha value is -2.14. The number of hydrogen-bond acceptors (Lipinski definition) is 3. The Balaban J connectivity index is 1.74. The highest BCUT2D eigenvalue weighted by Gasteiger charge is 2.39. The number of ether oxygens (including phenoxy) is 1. The smallest absolute Gasteiger partial charge is 0.237 e. The molecule has 0 radical (unpaired) electrons. The fraction of sp³-hybridized carbons (Fsp3) is 0.263. The molecule has 0 spiro atoms. The van der Waals surface area contributed by atoms with Gasteiger partial charge >= 0.3 is 0 Å². The van der Waals surface area contributed by atoms with Crippen LogP contribution >= 0.6 is 15.9 Å². The van der Waals surface area contributed by atoms with Crippen LogP contribution in [0.25, 0.3) is 0 Å². The minimum atomic E-state index is -0.301. The summed E-state index contributed by atoms with van der Waals surface area (Å²) < 4.78 is 6.39. The molecular formula is C19H18BrNO3. The molecule has 0 aliphatic carbocycles. The van der Waals surface area contributed by atoms with Crippen LogP contribution < -0.4 is 9.64 Å². The molecule has 3 rings (SSSR count). The predicted octanol–water partition coefficient (Wildman–Crippen LogP) is 3.97. The molecule has 24 heavy (non-hydrogen) atoms. The third-order valence-corrected chi connectivity index (χ3v) is 4.57. The van der Waals surface area contributed by atoms with E-state index in [1.807, 2.05) is 31.2 Å². The topological polar surface area (TPSA) is 46.6 Å². The number of amides is 2. The van der Waals surface area contributed by atoms with E-state index < -0.39 is 0 Å². The number of anilines is 1. The van der Waals surface area contributed by atoms with Crippen molar-refractivity contribution in [1.29, 1.82) is 0 Å². The van der Waals surface area contributed by atoms with Gasteiger partial charge in [-0.15, -0.1) is 0 Å². The number of hydrogen-bond donors (Lipinski definition) is 0. The Morgan fingerprint density at radius 3 is 2.38 bits per heavy atom. The molecule has 0 unspecified atom stereocenters. The maximum atomic E-state index is 12.7. The molecule has 2 aromatic carbocycles. The summed E-state index contributed by atoms with van der Waals surface area (Å²) in [6.45, 7) is 2.49. The number of benzene rings is 2. The first-order valence-corrected chi connectivity index (χ1v) is 8.72. The summed E-state index contributed by atoms with van der Waals surface area (Å²) in [7, 11) is 0. The van der Waals surface area contributed by atoms with Gasteiger partial charge < -0.3 is 4.74 Å². The summed E-state index contributed by atoms with van der Waals surface area (Å²) in [4.78, 5) is 26.3. The zero-order chi connectivity index (χ0) is 17.1. The van der Waals surface area contributed by atoms with E-state index in [2.05, 4.69) is 15.9 Å². The molecule has 2 aromatic rings. The van der Waals surface area contributed by atoms with Gasteiger partial charge in [-0.1, -0.05) is 28.1 Å². The van der Waals surface area contributed by atoms with Gasteiger partial charge in [0.05, 0.1) is 18.2 Å². The lowest BCUT2D eigenvalue weighted by Crippen LogP contribution is -2.30. The first kappa shape index (κ1) is 16.7. The van der Waals surface area contributed by atoms with E-state index in [-0.39, 0.29) is 24.2 Å². The van der Waals surface area contributed by atoms with Gasteiger partial charge in [0.2, 0.25) is 11.8 Å². The van der Waals surface area contributed by atoms with Gasteiger partial charge in [-0.25, -0.2) is 0 Å². The second kappa shape index (κ2) is 7.18. The largest absolute Gasteiger partial charge is 0.494 e. The van der Waals surface area contributed by atoms with Gasteiger partial charge in [0.1, 0.15) is 5.75 Å². The summed E-state index contributed by atoms with van der Waals surface area (Å²) in [5, 5.41) is 0. The summed E-state index contributed by atoms with van der Waals surface area (Å²) in [6.07, 6.45) is 0.827. The molecule has 2 amide bonds. The average Bonchev–Trinajstić information content (AvgIpc) is 2.85. The van der Waals surface area contributed by atoms with Crippen molar-refractivity contribution in [2.45, 2.75) is 19.8 Å². The molecule has 1 fully saturated rings. The van der Waals surface area contributed by atoms with Crippen molar-refractivity contribution in [3.05, 3.63) is 58.6 Å². The zero-order valence-electron chi connectivity index (χ0n) is 13.4. The highest BCUT2D eigenvalue weighted by molar-refractivity contribution is 9.10. The summed E-state index contributed by atoms with van der Waals surface area (Å²) in [5.74, 6) is 0.148. The molecule has 1 aliphatic heterocycles. The number of carbonyl (C=O) groups is 2. The van der Waals surface area contributed by atoms with Gasteiger partial charge in [0, 0.05) is 10.9 Å². The molecule has 1 saturated heterocycles. The minimum absolute atomic E-state index is 0.132. The lowest BCUT2D eigenvalue weighted by Gasteiger charge is -2.15. The first-order chi connectivity index (χ1) is 11.6. The molecular weight excluding hydrogens is 370 g/mol. The SMILES string of the molecule is CCOc1ccc(N2C(=O)C[C@H](Cc3ccc(Br)cc3)C2=O)cc1. The Kier molecular flexibility index (Phi) is 5.00. The molecule has 1 atom stereocenters. The van der Waals surface area contributed by atoms with Crippen LogP contribution in [0.4, 0.5) is 5.69 Å². The Labute approximate surface area is 149 Å². The van der Waals surface area contributed by atoms with Crippen LogP contribution in [0.15, 0.2) is 53.0 Å². The number of carbonyl (C=O) groups excluding carboxylic acids is 2. The second-order valence-corrected chi connectivity index (χ2v) is 6.64. The monoisotopic (exact) mass is 387 g/mol. The van der Waals surface area contributed by atoms with Crippen LogP contribution in [-0.4, -0.2) is 18.4 Å². The molecule has 1 aliphatic rings. The third-order valence-electron chi connectivity index (χ3n) is 4.04. The van der Waals surface area contributed by atoms with Crippen LogP contribution in [0.5, 0.6) is 5.75 Å². The molecule has 0 saturated carbocycles. The molecule has 124 valence electrons. The second-order valence-electron chi connectivity index (χ2n) is 5.73. The Bertz CT molecular complexity index is 740. The molecule has 0 bridgehead atoms. The minimum Gasteiger partial charge on any atom is -0.494 e. The van der Waals surface area contributed by atoms with Gasteiger partial charge in [-0.2, -0.15) is 0 Å². The molecule has 1 heterocycles. The maximum Gasteiger partial charge on any atom is 0.237 e. The van der Waals surface area contributed by atoms with Crippen LogP contribution in [0.3, 0.4) is 0 Å². The van der Waals surface area contributed by atoms with Gasteiger partial charge in [0.25, 0.3) is 0 Å². The fourth-order valence-corrected chi connectivity index (χ4v) is 3.15. The molecule has 5 heteroatoms. The number of halogens is 1. The van der Waals surface area contributed by atoms with Crippen molar-refractivity contribution < 1.29 is 14.3 Å². The molecule has 0 N–H and O–H groups in total. The normalized spacial score (nSPS) is 17.4. The van der Waals surface area contributed by atoms with Crippen LogP contribution in [0, 0.1) is 5.92 Å². The van der Waals surface area contributed by atoms with E-state index in [0.29, 0.717) is 18.7 Å². The van der Waals surface area contributed by atoms with Crippen LogP contribution in [0.2, 0.25) is 0 Å². The van der Waals surface area contributed by atoms with E-state index in [1.54, 1.807) is 24.3 Å². The van der Waals surface area contributed by atoms with E-state index in [4.69, 9.17) is 4.74 Å². The van der Waals surface area contributed by atoms with Crippen molar-refractivity contribution in [3.63, 3.8) is 0 Å². The number of rotatable bonds is 5. The zero-order valence-corrected chi connectivity index (χ0v) is 15.0. The highest BCUT2D eigenvalue weighted by atomic mass is 79.9. The molecule has 0 aromatic heterocycles. The van der Waals surface area contributed by atoms with E-state index in [0.717, 1.165) is 15.8 Å². The van der Waals surface area contributed by atoms with E-state index in [1.165, 1.54) is 4.90 Å². The van der Waals surface area contributed by atoms with Gasteiger partial charge in [-0.05, 0) is 55.3 Å². The van der Waals surface area contributed by atoms with Crippen molar-refractivity contribution in [2.24, 2.45) is 5.92 Å². The first-order valence-electron chi connectivity index (χ1n) is 7.92. The van der Waals surface area contributed by atoms with Gasteiger partial charge in [-0.3, -0.25) is 14.5 Å². The third kappa shape index (κ3) is 3.51. The predicted molar refractivity (Wildman–Crippen MR) is 96.1 cm³/mol. The lowest BCUT2D eigenvalue weighted by atomic mass is 9.98. The van der Waals surface area contributed by atoms with Crippen LogP contribution in [-0.2, 0) is 16.0 Å². The Morgan fingerprint density at radius 1 is 1.08 bits per heavy atom. The van der Waals surface area contributed by atoms with E-state index in [9.17, 15) is 9.59 Å². The number of imide groups is 1. The summed E-state index contributed by atoms with van der Waals surface area (Å²) >= 11 is 3.40. The van der Waals surface area contributed by atoms with Crippen molar-refractivity contribution in [1.82, 2.24) is 0 Å². The Morgan fingerprint density at radius 2 is 1.75 bits per heavy atom. The molecule has 4 nitrogen and oxygen atoms in total. The van der Waals surface area contributed by atoms with Crippen molar-refractivity contribution in [2.75, 3.05) is 11.5 Å². The van der Waals surface area contributed by atoms with Gasteiger partial charge in [0.15, 0.2) is 0 Å². The van der Waals surface area contributed by atoms with Crippen molar-refractivity contribution in [3.8, 4) is 5.75 Å². The summed E-state index contributed by atoms with van der Waals surface area (Å²) in [6, 6.07) is 14.9. The highest BCUT2D eigenvalue weighted by Crippen LogP contribution is 2.30. The van der Waals surface area contributed by atoms with Crippen LogP contribution in [0.1, 0.15) is 18.9 Å². The maximum absolute atomic E-state index is 12.7. The summed E-state index contributed by atoms with van der Waals surface area (Å²) in [5.41, 5.74) is 1.66. The standard InChI is InChI=1S/C19H18BrNO3/c1-2-24-17-9-7-16(8-10-17)21-18(22)12-14(19(21)23)11-13-3-5-15(20)6-4-13/h3-10,14H,2,11-12H2,1H3/t14-/m0/s1. The number of nitrogens with zero attached hydrogens (tertiary/aromatic N) is 1.